The summed E-state index contributed by atoms with van der Waals surface area (Å²) in [5.74, 6) is 0.853. The van der Waals surface area contributed by atoms with Gasteiger partial charge in [0.05, 0.1) is 6.42 Å². The normalized spacial score (nSPS) is 13.9. The van der Waals surface area contributed by atoms with Crippen molar-refractivity contribution in [3.05, 3.63) is 23.7 Å². The monoisotopic (exact) mass is 305 g/mol. The zero-order valence-electron chi connectivity index (χ0n) is 11.2. The molecule has 0 aliphatic carbocycles. The van der Waals surface area contributed by atoms with Gasteiger partial charge in [0.15, 0.2) is 5.65 Å². The van der Waals surface area contributed by atoms with E-state index in [4.69, 9.17) is 11.6 Å². The maximum Gasteiger partial charge on any atom is 0.391 e. The molecule has 0 bridgehead atoms. The van der Waals surface area contributed by atoms with Crippen LogP contribution in [0.2, 0.25) is 0 Å². The molecule has 0 aliphatic heterocycles. The molecular formula is C13H15ClF3N3. The Morgan fingerprint density at radius 2 is 2.00 bits per heavy atom. The number of aromatic nitrogens is 3. The predicted molar refractivity (Wildman–Crippen MR) is 72.1 cm³/mol. The van der Waals surface area contributed by atoms with Crippen LogP contribution in [0.1, 0.15) is 30.9 Å². The van der Waals surface area contributed by atoms with E-state index in [1.807, 2.05) is 0 Å². The first kappa shape index (κ1) is 15.1. The van der Waals surface area contributed by atoms with Crippen molar-refractivity contribution in [1.29, 1.82) is 0 Å². The van der Waals surface area contributed by atoms with E-state index in [0.29, 0.717) is 29.3 Å². The molecule has 0 aromatic carbocycles. The number of rotatable bonds is 4. The fraction of sp³-hybridized carbons (Fsp3) is 0.538. The number of aryl methyl sites for hydroxylation is 2. The van der Waals surface area contributed by atoms with Crippen LogP contribution in [0.25, 0.3) is 11.2 Å². The van der Waals surface area contributed by atoms with Gasteiger partial charge in [0.25, 0.3) is 0 Å². The van der Waals surface area contributed by atoms with Crippen molar-refractivity contribution in [1.82, 2.24) is 14.5 Å². The molecule has 2 rings (SSSR count). The molecule has 2 heterocycles. The lowest BCUT2D eigenvalue weighted by Gasteiger charge is -2.18. The molecule has 2 aromatic rings. The SMILES string of the molecule is Cc1ccc2nc(CCCl)n(C(C)CC(F)(F)F)c2n1. The minimum Gasteiger partial charge on any atom is -0.309 e. The Balaban J connectivity index is 2.52. The number of imidazole rings is 1. The Morgan fingerprint density at radius 1 is 1.30 bits per heavy atom. The van der Waals surface area contributed by atoms with E-state index in [1.165, 1.54) is 6.92 Å². The summed E-state index contributed by atoms with van der Waals surface area (Å²) in [4.78, 5) is 8.66. The Morgan fingerprint density at radius 3 is 2.60 bits per heavy atom. The van der Waals surface area contributed by atoms with Crippen LogP contribution in [0.4, 0.5) is 13.2 Å². The zero-order chi connectivity index (χ0) is 14.9. The van der Waals surface area contributed by atoms with Crippen molar-refractivity contribution in [3.8, 4) is 0 Å². The third kappa shape index (κ3) is 3.23. The molecule has 0 radical (unpaired) electrons. The molecule has 1 atom stereocenters. The Bertz CT molecular complexity index is 607. The van der Waals surface area contributed by atoms with E-state index < -0.39 is 18.6 Å². The largest absolute Gasteiger partial charge is 0.391 e. The molecule has 20 heavy (non-hydrogen) atoms. The number of hydrogen-bond donors (Lipinski definition) is 0. The third-order valence-electron chi connectivity index (χ3n) is 3.04. The van der Waals surface area contributed by atoms with Crippen molar-refractivity contribution in [2.24, 2.45) is 0 Å². The van der Waals surface area contributed by atoms with E-state index in [0.717, 1.165) is 5.69 Å². The number of alkyl halides is 4. The fourth-order valence-corrected chi connectivity index (χ4v) is 2.43. The first-order valence-corrected chi connectivity index (χ1v) is 6.82. The lowest BCUT2D eigenvalue weighted by molar-refractivity contribution is -0.141. The fourth-order valence-electron chi connectivity index (χ4n) is 2.27. The topological polar surface area (TPSA) is 30.7 Å². The summed E-state index contributed by atoms with van der Waals surface area (Å²) >= 11 is 5.71. The zero-order valence-corrected chi connectivity index (χ0v) is 12.0. The molecule has 0 N–H and O–H groups in total. The number of hydrogen-bond acceptors (Lipinski definition) is 2. The minimum absolute atomic E-state index is 0.307. The molecule has 7 heteroatoms. The van der Waals surface area contributed by atoms with Crippen LogP contribution in [0.3, 0.4) is 0 Å². The molecule has 2 aromatic heterocycles. The second kappa shape index (κ2) is 5.60. The third-order valence-corrected chi connectivity index (χ3v) is 3.22. The van der Waals surface area contributed by atoms with Gasteiger partial charge >= 0.3 is 6.18 Å². The van der Waals surface area contributed by atoms with Crippen molar-refractivity contribution in [2.75, 3.05) is 5.88 Å². The van der Waals surface area contributed by atoms with Gasteiger partial charge in [0.2, 0.25) is 0 Å². The molecular weight excluding hydrogens is 291 g/mol. The van der Waals surface area contributed by atoms with E-state index in [9.17, 15) is 13.2 Å². The van der Waals surface area contributed by atoms with Crippen molar-refractivity contribution in [2.45, 2.75) is 38.9 Å². The van der Waals surface area contributed by atoms with Gasteiger partial charge in [-0.15, -0.1) is 11.6 Å². The highest BCUT2D eigenvalue weighted by Crippen LogP contribution is 2.30. The highest BCUT2D eigenvalue weighted by Gasteiger charge is 2.32. The average molecular weight is 306 g/mol. The standard InChI is InChI=1S/C13H15ClF3N3/c1-8-3-4-10-12(18-8)20(11(19-10)5-6-14)9(2)7-13(15,16)17/h3-4,9H,5-7H2,1-2H3. The van der Waals surface area contributed by atoms with Gasteiger partial charge in [0, 0.05) is 24.0 Å². The summed E-state index contributed by atoms with van der Waals surface area (Å²) in [5.41, 5.74) is 1.84. The summed E-state index contributed by atoms with van der Waals surface area (Å²) in [7, 11) is 0. The maximum absolute atomic E-state index is 12.6. The second-order valence-corrected chi connectivity index (χ2v) is 5.18. The molecule has 0 saturated heterocycles. The molecule has 0 aliphatic rings. The quantitative estimate of drug-likeness (QED) is 0.798. The van der Waals surface area contributed by atoms with E-state index in [1.54, 1.807) is 23.6 Å². The van der Waals surface area contributed by atoms with Crippen LogP contribution in [0.5, 0.6) is 0 Å². The van der Waals surface area contributed by atoms with Crippen LogP contribution < -0.4 is 0 Å². The van der Waals surface area contributed by atoms with Gasteiger partial charge in [-0.1, -0.05) is 0 Å². The molecule has 0 amide bonds. The lowest BCUT2D eigenvalue weighted by Crippen LogP contribution is -2.18. The molecule has 3 nitrogen and oxygen atoms in total. The van der Waals surface area contributed by atoms with Crippen LogP contribution in [-0.2, 0) is 6.42 Å². The molecule has 0 saturated carbocycles. The molecule has 1 unspecified atom stereocenters. The van der Waals surface area contributed by atoms with Gasteiger partial charge < -0.3 is 4.57 Å². The van der Waals surface area contributed by atoms with Gasteiger partial charge in [-0.3, -0.25) is 0 Å². The molecule has 0 fully saturated rings. The van der Waals surface area contributed by atoms with Gasteiger partial charge in [-0.05, 0) is 26.0 Å². The van der Waals surface area contributed by atoms with E-state index in [2.05, 4.69) is 9.97 Å². The van der Waals surface area contributed by atoms with Crippen LogP contribution in [0, 0.1) is 6.92 Å². The van der Waals surface area contributed by atoms with Gasteiger partial charge in [0.1, 0.15) is 11.3 Å². The summed E-state index contributed by atoms with van der Waals surface area (Å²) in [6.45, 7) is 3.32. The van der Waals surface area contributed by atoms with Crippen molar-refractivity contribution >= 4 is 22.8 Å². The minimum atomic E-state index is -4.22. The smallest absolute Gasteiger partial charge is 0.309 e. The average Bonchev–Trinajstić information content (AvgIpc) is 2.64. The number of halogens is 4. The summed E-state index contributed by atoms with van der Waals surface area (Å²) in [6.07, 6.45) is -4.72. The van der Waals surface area contributed by atoms with Gasteiger partial charge in [-0.25, -0.2) is 9.97 Å². The van der Waals surface area contributed by atoms with Gasteiger partial charge in [-0.2, -0.15) is 13.2 Å². The summed E-state index contributed by atoms with van der Waals surface area (Å²) < 4.78 is 39.4. The van der Waals surface area contributed by atoms with E-state index >= 15 is 0 Å². The lowest BCUT2D eigenvalue weighted by atomic mass is 10.2. The summed E-state index contributed by atoms with van der Waals surface area (Å²) in [6, 6.07) is 2.80. The number of fused-ring (bicyclic) bond motifs is 1. The Labute approximate surface area is 119 Å². The van der Waals surface area contributed by atoms with E-state index in [-0.39, 0.29) is 0 Å². The van der Waals surface area contributed by atoms with Crippen molar-refractivity contribution in [3.63, 3.8) is 0 Å². The van der Waals surface area contributed by atoms with Crippen LogP contribution >= 0.6 is 11.6 Å². The first-order valence-electron chi connectivity index (χ1n) is 6.29. The van der Waals surface area contributed by atoms with Crippen LogP contribution in [-0.4, -0.2) is 26.6 Å². The second-order valence-electron chi connectivity index (χ2n) is 4.80. The summed E-state index contributed by atoms with van der Waals surface area (Å²) in [5, 5.41) is 0. The Kier molecular flexibility index (Phi) is 4.22. The molecule has 110 valence electrons. The number of pyridine rings is 1. The predicted octanol–water partition coefficient (Wildman–Crippen LogP) is 4.03. The van der Waals surface area contributed by atoms with Crippen molar-refractivity contribution < 1.29 is 13.2 Å². The number of nitrogens with zero attached hydrogens (tertiary/aromatic N) is 3. The Hall–Kier alpha value is -1.30. The first-order chi connectivity index (χ1) is 9.31. The highest BCUT2D eigenvalue weighted by atomic mass is 35.5. The molecule has 0 spiro atoms. The maximum atomic E-state index is 12.6. The highest BCUT2D eigenvalue weighted by molar-refractivity contribution is 6.17. The van der Waals surface area contributed by atoms with Crippen LogP contribution in [0.15, 0.2) is 12.1 Å².